The average Bonchev–Trinajstić information content (AvgIpc) is 3.59. The van der Waals surface area contributed by atoms with Gasteiger partial charge < -0.3 is 14.2 Å². The van der Waals surface area contributed by atoms with E-state index in [1.165, 1.54) is 55.5 Å². The molecule has 312 valence electrons. The first-order valence-corrected chi connectivity index (χ1v) is 23.1. The van der Waals surface area contributed by atoms with Crippen molar-refractivity contribution in [3.8, 4) is 28.4 Å². The number of rotatable bonds is 12. The van der Waals surface area contributed by atoms with Crippen LogP contribution in [0, 0.1) is 13.8 Å². The summed E-state index contributed by atoms with van der Waals surface area (Å²) in [5, 5.41) is 2.42. The van der Waals surface area contributed by atoms with Crippen LogP contribution in [0.3, 0.4) is 0 Å². The molecular formula is C59H58O3. The highest BCUT2D eigenvalue weighted by molar-refractivity contribution is 6.09. The van der Waals surface area contributed by atoms with E-state index < -0.39 is 5.60 Å². The van der Waals surface area contributed by atoms with Gasteiger partial charge in [0.2, 0.25) is 0 Å². The van der Waals surface area contributed by atoms with E-state index in [1.807, 2.05) is 0 Å². The highest BCUT2D eigenvalue weighted by atomic mass is 16.5. The zero-order valence-electron chi connectivity index (χ0n) is 36.8. The second-order valence-corrected chi connectivity index (χ2v) is 18.1. The monoisotopic (exact) mass is 814 g/mol. The Labute approximate surface area is 368 Å². The lowest BCUT2D eigenvalue weighted by Crippen LogP contribution is -2.41. The van der Waals surface area contributed by atoms with Crippen molar-refractivity contribution in [3.63, 3.8) is 0 Å². The lowest BCUT2D eigenvalue weighted by atomic mass is 9.55. The fourth-order valence-corrected chi connectivity index (χ4v) is 11.1. The highest BCUT2D eigenvalue weighted by Gasteiger charge is 2.53. The van der Waals surface area contributed by atoms with E-state index in [4.69, 9.17) is 14.2 Å². The molecule has 7 aromatic rings. The molecule has 0 bridgehead atoms. The predicted molar refractivity (Wildman–Crippen MR) is 256 cm³/mol. The van der Waals surface area contributed by atoms with Crippen molar-refractivity contribution in [3.05, 3.63) is 202 Å². The van der Waals surface area contributed by atoms with Gasteiger partial charge in [-0.1, -0.05) is 159 Å². The van der Waals surface area contributed by atoms with Crippen molar-refractivity contribution >= 4 is 16.8 Å². The molecule has 0 amide bonds. The third-order valence-corrected chi connectivity index (χ3v) is 14.3. The Morgan fingerprint density at radius 1 is 0.532 bits per heavy atom. The van der Waals surface area contributed by atoms with Crippen molar-refractivity contribution in [1.82, 2.24) is 0 Å². The molecule has 1 fully saturated rings. The Kier molecular flexibility index (Phi) is 10.5. The minimum atomic E-state index is -0.890. The molecule has 1 spiro atoms. The normalized spacial score (nSPS) is 16.3. The van der Waals surface area contributed by atoms with Crippen LogP contribution >= 0.6 is 0 Å². The molecule has 0 unspecified atom stereocenters. The lowest BCUT2D eigenvalue weighted by molar-refractivity contribution is 0.162. The Bertz CT molecular complexity index is 2640. The van der Waals surface area contributed by atoms with Gasteiger partial charge in [0, 0.05) is 32.9 Å². The zero-order chi connectivity index (χ0) is 42.3. The number of ether oxygens (including phenoxy) is 3. The van der Waals surface area contributed by atoms with E-state index in [2.05, 4.69) is 185 Å². The van der Waals surface area contributed by atoms with Gasteiger partial charge in [-0.3, -0.25) is 0 Å². The molecule has 0 atom stereocenters. The third-order valence-electron chi connectivity index (χ3n) is 14.3. The topological polar surface area (TPSA) is 27.7 Å². The number of unbranched alkanes of at least 4 members (excludes halogenated alkanes) is 2. The number of hydrogen-bond donors (Lipinski definition) is 0. The van der Waals surface area contributed by atoms with E-state index in [9.17, 15) is 0 Å². The van der Waals surface area contributed by atoms with Crippen LogP contribution in [-0.4, -0.2) is 13.2 Å². The Hall–Kier alpha value is -6.06. The van der Waals surface area contributed by atoms with E-state index in [0.717, 1.165) is 85.1 Å². The van der Waals surface area contributed by atoms with Gasteiger partial charge >= 0.3 is 0 Å². The number of hydrogen-bond acceptors (Lipinski definition) is 3. The second-order valence-electron chi connectivity index (χ2n) is 18.1. The van der Waals surface area contributed by atoms with Crippen LogP contribution in [0.4, 0.5) is 0 Å². The predicted octanol–water partition coefficient (Wildman–Crippen LogP) is 15.0. The van der Waals surface area contributed by atoms with Crippen LogP contribution < -0.4 is 14.2 Å². The lowest BCUT2D eigenvalue weighted by Gasteiger charge is -2.48. The van der Waals surface area contributed by atoms with Crippen LogP contribution in [0.2, 0.25) is 0 Å². The first kappa shape index (κ1) is 40.0. The van der Waals surface area contributed by atoms with Crippen molar-refractivity contribution in [2.75, 3.05) is 13.2 Å². The van der Waals surface area contributed by atoms with E-state index in [1.54, 1.807) is 0 Å². The molecule has 0 saturated heterocycles. The maximum Gasteiger partial charge on any atom is 0.178 e. The average molecular weight is 815 g/mol. The highest BCUT2D eigenvalue weighted by Crippen LogP contribution is 2.64. The number of benzene rings is 7. The largest absolute Gasteiger partial charge is 0.494 e. The third kappa shape index (κ3) is 6.64. The molecule has 1 heterocycles. The quantitative estimate of drug-likeness (QED) is 0.115. The first-order chi connectivity index (χ1) is 30.4. The summed E-state index contributed by atoms with van der Waals surface area (Å²) in [4.78, 5) is 0. The van der Waals surface area contributed by atoms with Crippen molar-refractivity contribution in [1.29, 1.82) is 0 Å². The van der Waals surface area contributed by atoms with Crippen LogP contribution in [0.1, 0.15) is 115 Å². The van der Waals surface area contributed by atoms with Gasteiger partial charge in [0.15, 0.2) is 5.60 Å². The fraction of sp³-hybridized carbons (Fsp3) is 0.288. The van der Waals surface area contributed by atoms with Gasteiger partial charge in [-0.2, -0.15) is 0 Å². The summed E-state index contributed by atoms with van der Waals surface area (Å²) in [5.41, 5.74) is 13.2. The molecule has 2 aliphatic carbocycles. The Morgan fingerprint density at radius 2 is 1.06 bits per heavy atom. The minimum absolute atomic E-state index is 0.0745. The summed E-state index contributed by atoms with van der Waals surface area (Å²) in [6.45, 7) is 10.3. The van der Waals surface area contributed by atoms with Gasteiger partial charge in [-0.05, 0) is 128 Å². The van der Waals surface area contributed by atoms with Crippen molar-refractivity contribution in [2.45, 2.75) is 95.5 Å². The Morgan fingerprint density at radius 3 is 1.63 bits per heavy atom. The second kappa shape index (κ2) is 16.3. The summed E-state index contributed by atoms with van der Waals surface area (Å²) < 4.78 is 20.2. The molecule has 1 aliphatic heterocycles. The van der Waals surface area contributed by atoms with Gasteiger partial charge in [-0.15, -0.1) is 0 Å². The van der Waals surface area contributed by atoms with E-state index in [0.29, 0.717) is 13.2 Å². The molecule has 3 nitrogen and oxygen atoms in total. The molecule has 0 radical (unpaired) electrons. The SMILES string of the molecule is CCCCOc1ccc(C2(c3ccc(OCCCC)cc3)C=Cc3c4c(c5ccc(C)cc5c3O2)-c2ccc(C)cc2C42CCC(c3ccccc3)(c3ccccc3)CC2)cc1. The van der Waals surface area contributed by atoms with E-state index >= 15 is 0 Å². The van der Waals surface area contributed by atoms with Crippen LogP contribution in [0.25, 0.3) is 28.0 Å². The smallest absolute Gasteiger partial charge is 0.178 e. The zero-order valence-corrected chi connectivity index (χ0v) is 36.8. The molecule has 0 aromatic heterocycles. The summed E-state index contributed by atoms with van der Waals surface area (Å²) in [6.07, 6.45) is 13.2. The summed E-state index contributed by atoms with van der Waals surface area (Å²) in [6, 6.07) is 54.0. The van der Waals surface area contributed by atoms with Crippen LogP contribution in [0.15, 0.2) is 152 Å². The van der Waals surface area contributed by atoms with Gasteiger partial charge in [-0.25, -0.2) is 0 Å². The molecule has 0 N–H and O–H groups in total. The summed E-state index contributed by atoms with van der Waals surface area (Å²) >= 11 is 0. The van der Waals surface area contributed by atoms with Gasteiger partial charge in [0.05, 0.1) is 13.2 Å². The molecule has 7 aromatic carbocycles. The Balaban J connectivity index is 1.16. The molecule has 10 rings (SSSR count). The maximum absolute atomic E-state index is 7.83. The van der Waals surface area contributed by atoms with E-state index in [-0.39, 0.29) is 10.8 Å². The summed E-state index contributed by atoms with van der Waals surface area (Å²) in [5.74, 6) is 2.72. The maximum atomic E-state index is 7.83. The number of aryl methyl sites for hydroxylation is 2. The molecule has 3 heteroatoms. The summed E-state index contributed by atoms with van der Waals surface area (Å²) in [7, 11) is 0. The standard InChI is InChI=1S/C59H58O3/c1-5-7-37-60-47-25-21-45(22-26-47)59(46-23-27-48(28-24-46)61-38-8-6-2)32-31-51-55-54(49-29-19-41(3)39-52(49)56(51)62-59)50-30-20-42(4)40-53(50)58(55)35-33-57(34-36-58,43-15-11-9-12-16-43)44-17-13-10-14-18-44/h9-32,39-40H,5-8,33-38H2,1-4H3. The molecule has 3 aliphatic rings. The van der Waals surface area contributed by atoms with Crippen molar-refractivity contribution in [2.24, 2.45) is 0 Å². The number of fused-ring (bicyclic) bond motifs is 10. The minimum Gasteiger partial charge on any atom is -0.494 e. The fourth-order valence-electron chi connectivity index (χ4n) is 11.1. The molecule has 62 heavy (non-hydrogen) atoms. The van der Waals surface area contributed by atoms with Crippen LogP contribution in [-0.2, 0) is 16.4 Å². The van der Waals surface area contributed by atoms with Crippen molar-refractivity contribution < 1.29 is 14.2 Å². The van der Waals surface area contributed by atoms with Gasteiger partial charge in [0.1, 0.15) is 17.2 Å². The molecular weight excluding hydrogens is 757 g/mol. The first-order valence-electron chi connectivity index (χ1n) is 23.1. The molecule has 1 saturated carbocycles. The van der Waals surface area contributed by atoms with Gasteiger partial charge in [0.25, 0.3) is 0 Å². The van der Waals surface area contributed by atoms with Crippen LogP contribution in [0.5, 0.6) is 17.2 Å².